The van der Waals surface area contributed by atoms with E-state index in [9.17, 15) is 5.11 Å². The summed E-state index contributed by atoms with van der Waals surface area (Å²) in [5.74, 6) is 0.295. The number of nitrogens with one attached hydrogen (secondary N) is 1. The normalized spacial score (nSPS) is 10.7. The molecule has 2 N–H and O–H groups in total. The third-order valence-corrected chi connectivity index (χ3v) is 3.96. The van der Waals surface area contributed by atoms with Gasteiger partial charge < -0.3 is 10.4 Å². The van der Waals surface area contributed by atoms with Crippen LogP contribution >= 0.6 is 11.3 Å². The highest BCUT2D eigenvalue weighted by Gasteiger charge is 2.08. The highest BCUT2D eigenvalue weighted by Crippen LogP contribution is 2.35. The molecule has 1 heterocycles. The standard InChI is InChI=1S/C14H12N2OS/c1-15-10-7-5-9(6-8-10)14-16-11-3-2-4-12(17)13(11)18-14/h2-8,15,17H,1H3/i1-1. The minimum Gasteiger partial charge on any atom is -0.506 e. The van der Waals surface area contributed by atoms with Gasteiger partial charge in [-0.1, -0.05) is 6.07 Å². The molecule has 0 saturated carbocycles. The molecule has 0 aliphatic rings. The second-order valence-corrected chi connectivity index (χ2v) is 4.97. The fourth-order valence-corrected chi connectivity index (χ4v) is 2.82. The molecular formula is C14H12N2OS. The number of rotatable bonds is 2. The molecule has 0 bridgehead atoms. The number of phenolic OH excluding ortho intramolecular Hbond substituents is 1. The SMILES string of the molecule is [11CH3]Nc1ccc(-c2nc3cccc(O)c3s2)cc1. The van der Waals surface area contributed by atoms with E-state index < -0.39 is 0 Å². The Kier molecular flexibility index (Phi) is 2.64. The Morgan fingerprint density at radius 2 is 1.89 bits per heavy atom. The molecule has 0 aliphatic carbocycles. The molecule has 18 heavy (non-hydrogen) atoms. The number of aromatic hydroxyl groups is 1. The number of aromatic nitrogens is 1. The van der Waals surface area contributed by atoms with Crippen LogP contribution in [0.5, 0.6) is 5.75 Å². The van der Waals surface area contributed by atoms with E-state index in [1.54, 1.807) is 6.07 Å². The van der Waals surface area contributed by atoms with Gasteiger partial charge in [0.05, 0.1) is 10.2 Å². The first-order valence-corrected chi connectivity index (χ1v) is 6.46. The monoisotopic (exact) mass is 255 g/mol. The molecule has 0 saturated heterocycles. The number of nitrogens with zero attached hydrogens (tertiary/aromatic N) is 1. The summed E-state index contributed by atoms with van der Waals surface area (Å²) in [6.07, 6.45) is 0. The number of fused-ring (bicyclic) bond motifs is 1. The van der Waals surface area contributed by atoms with Gasteiger partial charge in [-0.2, -0.15) is 0 Å². The molecule has 0 unspecified atom stereocenters. The molecule has 2 aromatic carbocycles. The van der Waals surface area contributed by atoms with Crippen LogP contribution in [0.4, 0.5) is 5.69 Å². The maximum absolute atomic E-state index is 9.77. The molecule has 0 aliphatic heterocycles. The predicted molar refractivity (Wildman–Crippen MR) is 76.3 cm³/mol. The summed E-state index contributed by atoms with van der Waals surface area (Å²) in [6, 6.07) is 13.5. The topological polar surface area (TPSA) is 45.2 Å². The molecule has 0 amide bonds. The summed E-state index contributed by atoms with van der Waals surface area (Å²) in [5.41, 5.74) is 2.98. The minimum absolute atomic E-state index is 0.295. The lowest BCUT2D eigenvalue weighted by Crippen LogP contribution is -1.86. The van der Waals surface area contributed by atoms with Gasteiger partial charge in [0.2, 0.25) is 0 Å². The van der Waals surface area contributed by atoms with Crippen molar-refractivity contribution in [2.75, 3.05) is 12.4 Å². The van der Waals surface area contributed by atoms with E-state index in [1.807, 2.05) is 43.4 Å². The number of phenols is 1. The van der Waals surface area contributed by atoms with Crippen LogP contribution < -0.4 is 5.32 Å². The second-order valence-electron chi connectivity index (χ2n) is 3.97. The number of anilines is 1. The molecule has 3 aromatic rings. The van der Waals surface area contributed by atoms with Gasteiger partial charge >= 0.3 is 0 Å². The van der Waals surface area contributed by atoms with Gasteiger partial charge in [0.15, 0.2) is 0 Å². The Morgan fingerprint density at radius 1 is 1.11 bits per heavy atom. The summed E-state index contributed by atoms with van der Waals surface area (Å²) >= 11 is 1.51. The van der Waals surface area contributed by atoms with Crippen molar-refractivity contribution < 1.29 is 5.11 Å². The van der Waals surface area contributed by atoms with Crippen LogP contribution in [-0.2, 0) is 0 Å². The van der Waals surface area contributed by atoms with Gasteiger partial charge in [0.25, 0.3) is 0 Å². The minimum atomic E-state index is 0.295. The zero-order valence-electron chi connectivity index (χ0n) is 9.84. The third kappa shape index (κ3) is 1.80. The molecule has 90 valence electrons. The Balaban J connectivity index is 2.10. The van der Waals surface area contributed by atoms with Gasteiger partial charge in [-0.25, -0.2) is 4.98 Å². The van der Waals surface area contributed by atoms with Crippen LogP contribution in [0, 0.1) is 0 Å². The molecule has 3 rings (SSSR count). The lowest BCUT2D eigenvalue weighted by molar-refractivity contribution is 0.482. The van der Waals surface area contributed by atoms with Crippen molar-refractivity contribution in [2.24, 2.45) is 0 Å². The molecule has 0 radical (unpaired) electrons. The Labute approximate surface area is 109 Å². The number of hydrogen-bond acceptors (Lipinski definition) is 4. The predicted octanol–water partition coefficient (Wildman–Crippen LogP) is 3.71. The van der Waals surface area contributed by atoms with E-state index >= 15 is 0 Å². The highest BCUT2D eigenvalue weighted by molar-refractivity contribution is 7.22. The summed E-state index contributed by atoms with van der Waals surface area (Å²) in [7, 11) is 1.89. The lowest BCUT2D eigenvalue weighted by atomic mass is 10.2. The quantitative estimate of drug-likeness (QED) is 0.733. The number of thiazole rings is 1. The molecular weight excluding hydrogens is 243 g/mol. The van der Waals surface area contributed by atoms with Crippen LogP contribution in [0.2, 0.25) is 0 Å². The summed E-state index contributed by atoms with van der Waals surface area (Å²) in [6.45, 7) is 0. The maximum Gasteiger partial charge on any atom is 0.135 e. The second kappa shape index (κ2) is 4.31. The number of benzene rings is 2. The average molecular weight is 255 g/mol. The van der Waals surface area contributed by atoms with E-state index in [0.717, 1.165) is 26.5 Å². The van der Waals surface area contributed by atoms with Crippen LogP contribution in [0.3, 0.4) is 0 Å². The first-order valence-electron chi connectivity index (χ1n) is 5.64. The van der Waals surface area contributed by atoms with Gasteiger partial charge in [0.1, 0.15) is 10.8 Å². The van der Waals surface area contributed by atoms with Crippen LogP contribution in [0.15, 0.2) is 42.5 Å². The molecule has 0 atom stereocenters. The fourth-order valence-electron chi connectivity index (χ4n) is 1.84. The lowest BCUT2D eigenvalue weighted by Gasteiger charge is -2.00. The van der Waals surface area contributed by atoms with Crippen LogP contribution in [0.25, 0.3) is 20.8 Å². The van der Waals surface area contributed by atoms with Crippen molar-refractivity contribution in [2.45, 2.75) is 0 Å². The molecule has 3 nitrogen and oxygen atoms in total. The molecule has 0 fully saturated rings. The average Bonchev–Trinajstić information content (AvgIpc) is 2.84. The van der Waals surface area contributed by atoms with Crippen molar-refractivity contribution >= 4 is 27.2 Å². The van der Waals surface area contributed by atoms with E-state index in [1.165, 1.54) is 11.3 Å². The van der Waals surface area contributed by atoms with Gasteiger partial charge in [-0.15, -0.1) is 11.3 Å². The fraction of sp³-hybridized carbons (Fsp3) is 0.0714. The molecule has 4 heteroatoms. The highest BCUT2D eigenvalue weighted by atomic mass is 32.1. The van der Waals surface area contributed by atoms with Crippen molar-refractivity contribution in [1.82, 2.24) is 4.98 Å². The molecule has 0 spiro atoms. The first-order chi connectivity index (χ1) is 8.78. The van der Waals surface area contributed by atoms with Crippen molar-refractivity contribution in [1.29, 1.82) is 0 Å². The Hall–Kier alpha value is -2.07. The van der Waals surface area contributed by atoms with E-state index in [-0.39, 0.29) is 0 Å². The maximum atomic E-state index is 9.77. The largest absolute Gasteiger partial charge is 0.506 e. The van der Waals surface area contributed by atoms with Gasteiger partial charge in [-0.3, -0.25) is 0 Å². The summed E-state index contributed by atoms with van der Waals surface area (Å²) in [5, 5.41) is 13.8. The zero-order valence-corrected chi connectivity index (χ0v) is 10.7. The van der Waals surface area contributed by atoms with Gasteiger partial charge in [-0.05, 0) is 36.4 Å². The van der Waals surface area contributed by atoms with E-state index in [2.05, 4.69) is 10.3 Å². The van der Waals surface area contributed by atoms with Crippen molar-refractivity contribution in [3.63, 3.8) is 0 Å². The Bertz CT molecular complexity index is 689. The number of hydrogen-bond donors (Lipinski definition) is 2. The summed E-state index contributed by atoms with van der Waals surface area (Å²) in [4.78, 5) is 4.54. The van der Waals surface area contributed by atoms with Gasteiger partial charge in [0, 0.05) is 18.3 Å². The van der Waals surface area contributed by atoms with Crippen molar-refractivity contribution in [3.8, 4) is 16.3 Å². The van der Waals surface area contributed by atoms with Crippen LogP contribution in [-0.4, -0.2) is 17.1 Å². The Morgan fingerprint density at radius 3 is 2.56 bits per heavy atom. The van der Waals surface area contributed by atoms with Crippen LogP contribution in [0.1, 0.15) is 0 Å². The first kappa shape index (κ1) is 11.0. The zero-order chi connectivity index (χ0) is 12.5. The van der Waals surface area contributed by atoms with E-state index in [0.29, 0.717) is 5.75 Å². The molecule has 1 aromatic heterocycles. The summed E-state index contributed by atoms with van der Waals surface area (Å²) < 4.78 is 0.838. The van der Waals surface area contributed by atoms with E-state index in [4.69, 9.17) is 0 Å². The third-order valence-electron chi connectivity index (χ3n) is 2.81. The smallest absolute Gasteiger partial charge is 0.135 e. The van der Waals surface area contributed by atoms with Crippen molar-refractivity contribution in [3.05, 3.63) is 42.5 Å².